The van der Waals surface area contributed by atoms with Crippen molar-refractivity contribution in [2.45, 2.75) is 11.7 Å². The molecule has 146 valence electrons. The molecule has 0 N–H and O–H groups in total. The summed E-state index contributed by atoms with van der Waals surface area (Å²) < 4.78 is 15.6. The van der Waals surface area contributed by atoms with E-state index in [1.807, 2.05) is 43.3 Å². The number of thioether (sulfide) groups is 1. The minimum absolute atomic E-state index is 0.0373. The first kappa shape index (κ1) is 19.9. The Bertz CT molecular complexity index is 942. The van der Waals surface area contributed by atoms with Crippen LogP contribution in [0.25, 0.3) is 5.69 Å². The van der Waals surface area contributed by atoms with Crippen LogP contribution in [0, 0.1) is 5.82 Å². The molecule has 28 heavy (non-hydrogen) atoms. The van der Waals surface area contributed by atoms with Crippen LogP contribution in [0.1, 0.15) is 5.56 Å². The van der Waals surface area contributed by atoms with E-state index < -0.39 is 0 Å². The van der Waals surface area contributed by atoms with Gasteiger partial charge in [0.25, 0.3) is 0 Å². The second kappa shape index (κ2) is 8.88. The Balaban J connectivity index is 1.60. The zero-order chi connectivity index (χ0) is 20.1. The van der Waals surface area contributed by atoms with E-state index in [-0.39, 0.29) is 17.5 Å². The van der Waals surface area contributed by atoms with Crippen molar-refractivity contribution in [1.29, 1.82) is 0 Å². The number of nitrogens with zero attached hydrogens (tertiary/aromatic N) is 5. The quantitative estimate of drug-likeness (QED) is 0.571. The molecule has 6 nitrogen and oxygen atoms in total. The van der Waals surface area contributed by atoms with E-state index in [9.17, 15) is 9.18 Å². The highest BCUT2D eigenvalue weighted by molar-refractivity contribution is 7.99. The van der Waals surface area contributed by atoms with Gasteiger partial charge in [-0.2, -0.15) is 0 Å². The van der Waals surface area contributed by atoms with Gasteiger partial charge in [0.05, 0.1) is 11.4 Å². The van der Waals surface area contributed by atoms with Crippen LogP contribution in [-0.2, 0) is 11.3 Å². The molecule has 0 atom stereocenters. The smallest absolute Gasteiger partial charge is 0.233 e. The number of carbonyl (C=O) groups is 1. The largest absolute Gasteiger partial charge is 0.378 e. The van der Waals surface area contributed by atoms with Gasteiger partial charge in [0.15, 0.2) is 5.16 Å². The van der Waals surface area contributed by atoms with E-state index in [0.29, 0.717) is 17.4 Å². The molecule has 0 saturated heterocycles. The number of hydrogen-bond donors (Lipinski definition) is 0. The third kappa shape index (κ3) is 4.69. The number of para-hydroxylation sites is 1. The summed E-state index contributed by atoms with van der Waals surface area (Å²) in [5.41, 5.74) is 2.53. The predicted octanol–water partition coefficient (Wildman–Crippen LogP) is 3.22. The van der Waals surface area contributed by atoms with Crippen molar-refractivity contribution in [2.75, 3.05) is 31.8 Å². The average Bonchev–Trinajstić information content (AvgIpc) is 3.15. The van der Waals surface area contributed by atoms with Gasteiger partial charge in [0.1, 0.15) is 12.1 Å². The molecule has 8 heteroatoms. The number of rotatable bonds is 7. The fourth-order valence-electron chi connectivity index (χ4n) is 2.63. The summed E-state index contributed by atoms with van der Waals surface area (Å²) in [6.07, 6.45) is 1.45. The topological polar surface area (TPSA) is 54.3 Å². The van der Waals surface area contributed by atoms with E-state index >= 15 is 0 Å². The van der Waals surface area contributed by atoms with Crippen molar-refractivity contribution >= 4 is 23.4 Å². The Morgan fingerprint density at radius 2 is 1.82 bits per heavy atom. The molecule has 0 aliphatic heterocycles. The van der Waals surface area contributed by atoms with Crippen molar-refractivity contribution in [1.82, 2.24) is 19.7 Å². The first-order chi connectivity index (χ1) is 13.5. The average molecular weight is 399 g/mol. The Morgan fingerprint density at radius 1 is 1.11 bits per heavy atom. The Kier molecular flexibility index (Phi) is 6.30. The monoisotopic (exact) mass is 399 g/mol. The number of carbonyl (C=O) groups excluding carboxylic acids is 1. The predicted molar refractivity (Wildman–Crippen MR) is 109 cm³/mol. The van der Waals surface area contributed by atoms with Crippen LogP contribution in [-0.4, -0.2) is 52.5 Å². The highest BCUT2D eigenvalue weighted by atomic mass is 32.2. The molecule has 1 aromatic heterocycles. The summed E-state index contributed by atoms with van der Waals surface area (Å²) in [7, 11) is 5.74. The summed E-state index contributed by atoms with van der Waals surface area (Å²) >= 11 is 1.24. The summed E-state index contributed by atoms with van der Waals surface area (Å²) in [4.78, 5) is 16.2. The molecule has 0 spiro atoms. The van der Waals surface area contributed by atoms with Gasteiger partial charge in [-0.1, -0.05) is 36.0 Å². The van der Waals surface area contributed by atoms with Gasteiger partial charge in [-0.05, 0) is 29.8 Å². The molecule has 0 fully saturated rings. The maximum absolute atomic E-state index is 14.0. The maximum Gasteiger partial charge on any atom is 0.233 e. The van der Waals surface area contributed by atoms with E-state index in [0.717, 1.165) is 11.3 Å². The number of amides is 1. The van der Waals surface area contributed by atoms with Gasteiger partial charge < -0.3 is 9.80 Å². The fourth-order valence-corrected chi connectivity index (χ4v) is 3.50. The van der Waals surface area contributed by atoms with Crippen LogP contribution in [0.4, 0.5) is 10.1 Å². The highest BCUT2D eigenvalue weighted by Gasteiger charge is 2.15. The molecule has 0 saturated carbocycles. The minimum Gasteiger partial charge on any atom is -0.378 e. The van der Waals surface area contributed by atoms with E-state index in [1.54, 1.807) is 34.7 Å². The third-order valence-corrected chi connectivity index (χ3v) is 5.18. The molecule has 1 amide bonds. The second-order valence-electron chi connectivity index (χ2n) is 6.53. The zero-order valence-electron chi connectivity index (χ0n) is 16.0. The zero-order valence-corrected chi connectivity index (χ0v) is 16.9. The lowest BCUT2D eigenvalue weighted by Crippen LogP contribution is -2.27. The van der Waals surface area contributed by atoms with Crippen molar-refractivity contribution < 1.29 is 9.18 Å². The number of hydrogen-bond acceptors (Lipinski definition) is 5. The molecule has 1 heterocycles. The Morgan fingerprint density at radius 3 is 2.50 bits per heavy atom. The van der Waals surface area contributed by atoms with Gasteiger partial charge in [0.2, 0.25) is 5.91 Å². The fraction of sp³-hybridized carbons (Fsp3) is 0.250. The minimum atomic E-state index is -0.367. The normalized spacial score (nSPS) is 10.7. The molecule has 3 aromatic rings. The number of halogens is 1. The Labute approximate surface area is 168 Å². The van der Waals surface area contributed by atoms with Crippen LogP contribution in [0.2, 0.25) is 0 Å². The van der Waals surface area contributed by atoms with Crippen molar-refractivity contribution in [2.24, 2.45) is 0 Å². The maximum atomic E-state index is 14.0. The summed E-state index contributed by atoms with van der Waals surface area (Å²) in [6.45, 7) is 0.521. The van der Waals surface area contributed by atoms with E-state index in [2.05, 4.69) is 10.2 Å². The molecular formula is C20H22FN5OS. The van der Waals surface area contributed by atoms with E-state index in [4.69, 9.17) is 0 Å². The SMILES string of the molecule is CN(Cc1ccc(N(C)C)cc1)C(=O)CSc1nncn1-c1ccccc1F. The third-order valence-electron chi connectivity index (χ3n) is 4.25. The van der Waals surface area contributed by atoms with E-state index in [1.165, 1.54) is 24.2 Å². The van der Waals surface area contributed by atoms with Gasteiger partial charge in [-0.25, -0.2) is 4.39 Å². The van der Waals surface area contributed by atoms with Crippen LogP contribution in [0.15, 0.2) is 60.0 Å². The van der Waals surface area contributed by atoms with Crippen LogP contribution in [0.5, 0.6) is 0 Å². The van der Waals surface area contributed by atoms with Gasteiger partial charge in [0, 0.05) is 33.4 Å². The number of aromatic nitrogens is 3. The molecule has 2 aromatic carbocycles. The summed E-state index contributed by atoms with van der Waals surface area (Å²) in [5, 5.41) is 8.33. The Hall–Kier alpha value is -2.87. The molecule has 3 rings (SSSR count). The van der Waals surface area contributed by atoms with Crippen LogP contribution in [0.3, 0.4) is 0 Å². The molecule has 0 aliphatic carbocycles. The van der Waals surface area contributed by atoms with Crippen LogP contribution < -0.4 is 4.90 Å². The lowest BCUT2D eigenvalue weighted by molar-refractivity contribution is -0.127. The standard InChI is InChI=1S/C20H22FN5OS/c1-24(2)16-10-8-15(9-11-16)12-25(3)19(27)13-28-20-23-22-14-26(20)18-7-5-4-6-17(18)21/h4-11,14H,12-13H2,1-3H3. The second-order valence-corrected chi connectivity index (χ2v) is 7.48. The molecule has 0 aliphatic rings. The van der Waals surface area contributed by atoms with Crippen molar-refractivity contribution in [3.8, 4) is 5.69 Å². The van der Waals surface area contributed by atoms with Gasteiger partial charge >= 0.3 is 0 Å². The van der Waals surface area contributed by atoms with Gasteiger partial charge in [-0.3, -0.25) is 9.36 Å². The first-order valence-electron chi connectivity index (χ1n) is 8.73. The van der Waals surface area contributed by atoms with Gasteiger partial charge in [-0.15, -0.1) is 10.2 Å². The van der Waals surface area contributed by atoms with Crippen molar-refractivity contribution in [3.05, 3.63) is 66.2 Å². The number of benzene rings is 2. The van der Waals surface area contributed by atoms with Crippen molar-refractivity contribution in [3.63, 3.8) is 0 Å². The lowest BCUT2D eigenvalue weighted by Gasteiger charge is -2.18. The molecule has 0 bridgehead atoms. The number of anilines is 1. The lowest BCUT2D eigenvalue weighted by atomic mass is 10.2. The van der Waals surface area contributed by atoms with Crippen LogP contribution >= 0.6 is 11.8 Å². The highest BCUT2D eigenvalue weighted by Crippen LogP contribution is 2.22. The summed E-state index contributed by atoms with van der Waals surface area (Å²) in [5.74, 6) is -0.210. The molecular weight excluding hydrogens is 377 g/mol. The molecule has 0 unspecified atom stereocenters. The summed E-state index contributed by atoms with van der Waals surface area (Å²) in [6, 6.07) is 14.5. The molecule has 0 radical (unpaired) electrons. The first-order valence-corrected chi connectivity index (χ1v) is 9.72.